The summed E-state index contributed by atoms with van der Waals surface area (Å²) in [6.45, 7) is 3.99. The molecule has 1 atom stereocenters. The number of nitrogens with two attached hydrogens (primary N) is 1. The number of fused-ring (bicyclic) bond motifs is 1. The number of nitrogens with zero attached hydrogens (tertiary/aromatic N) is 2. The minimum Gasteiger partial charge on any atom is -0.383 e. The van der Waals surface area contributed by atoms with E-state index in [1.807, 2.05) is 42.5 Å². The molecule has 0 aliphatic rings. The molecule has 2 N–H and O–H groups in total. The van der Waals surface area contributed by atoms with Gasteiger partial charge in [0.2, 0.25) is 0 Å². The van der Waals surface area contributed by atoms with Crippen LogP contribution in [-0.4, -0.2) is 23.3 Å². The van der Waals surface area contributed by atoms with Crippen molar-refractivity contribution >= 4 is 10.9 Å². The Hall–Kier alpha value is -2.50. The molecule has 0 unspecified atom stereocenters. The van der Waals surface area contributed by atoms with Gasteiger partial charge in [-0.05, 0) is 12.1 Å². The third-order valence-corrected chi connectivity index (χ3v) is 4.66. The number of aromatic nitrogens is 2. The summed E-state index contributed by atoms with van der Waals surface area (Å²) in [6, 6.07) is 18.0. The van der Waals surface area contributed by atoms with Crippen LogP contribution in [0.3, 0.4) is 0 Å². The van der Waals surface area contributed by atoms with Gasteiger partial charge in [0.25, 0.3) is 5.56 Å². The zero-order chi connectivity index (χ0) is 18.4. The fraction of sp³-hybridized carbons (Fsp3) is 0.333. The molecule has 2 aromatic carbocycles. The molecule has 136 valence electrons. The average Bonchev–Trinajstić information content (AvgIpc) is 2.69. The van der Waals surface area contributed by atoms with Gasteiger partial charge >= 0.3 is 0 Å². The van der Waals surface area contributed by atoms with E-state index in [0.29, 0.717) is 18.5 Å². The van der Waals surface area contributed by atoms with E-state index >= 15 is 0 Å². The predicted molar refractivity (Wildman–Crippen MR) is 103 cm³/mol. The number of methoxy groups -OCH3 is 1. The number of hydrogen-bond donors (Lipinski definition) is 1. The number of rotatable bonds is 8. The maximum absolute atomic E-state index is 13.0. The Kier molecular flexibility index (Phi) is 6.15. The van der Waals surface area contributed by atoms with E-state index < -0.39 is 0 Å². The molecular weight excluding hydrogens is 326 g/mol. The second-order valence-electron chi connectivity index (χ2n) is 6.38. The fourth-order valence-electron chi connectivity index (χ4n) is 3.21. The highest BCUT2D eigenvalue weighted by atomic mass is 16.5. The lowest BCUT2D eigenvalue weighted by Crippen LogP contribution is -2.84. The van der Waals surface area contributed by atoms with Crippen LogP contribution in [0.2, 0.25) is 0 Å². The lowest BCUT2D eigenvalue weighted by Gasteiger charge is -2.19. The molecule has 0 amide bonds. The molecule has 3 aromatic rings. The van der Waals surface area contributed by atoms with Gasteiger partial charge in [-0.3, -0.25) is 9.36 Å². The van der Waals surface area contributed by atoms with Crippen molar-refractivity contribution in [2.75, 3.05) is 13.7 Å². The van der Waals surface area contributed by atoms with Crippen molar-refractivity contribution in [1.82, 2.24) is 9.55 Å². The van der Waals surface area contributed by atoms with Crippen molar-refractivity contribution < 1.29 is 10.1 Å². The molecule has 0 saturated carbocycles. The van der Waals surface area contributed by atoms with E-state index in [1.54, 1.807) is 11.7 Å². The van der Waals surface area contributed by atoms with Crippen LogP contribution in [0.1, 0.15) is 30.8 Å². The number of ether oxygens (including phenoxy) is 1. The van der Waals surface area contributed by atoms with Crippen LogP contribution >= 0.6 is 0 Å². The summed E-state index contributed by atoms with van der Waals surface area (Å²) in [5.74, 6) is 0.823. The lowest BCUT2D eigenvalue weighted by molar-refractivity contribution is -0.712. The van der Waals surface area contributed by atoms with E-state index in [9.17, 15) is 4.79 Å². The molecule has 5 nitrogen and oxygen atoms in total. The zero-order valence-electron chi connectivity index (χ0n) is 15.4. The number of benzene rings is 2. The largest absolute Gasteiger partial charge is 0.383 e. The molecule has 0 aliphatic heterocycles. The van der Waals surface area contributed by atoms with Crippen molar-refractivity contribution in [2.45, 2.75) is 32.5 Å². The molecular formula is C21H26N3O2+. The Labute approximate surface area is 153 Å². The third kappa shape index (κ3) is 4.00. The highest BCUT2D eigenvalue weighted by Crippen LogP contribution is 2.14. The van der Waals surface area contributed by atoms with Crippen molar-refractivity contribution in [3.05, 3.63) is 76.3 Å². The van der Waals surface area contributed by atoms with Gasteiger partial charge in [0.1, 0.15) is 12.6 Å². The maximum Gasteiger partial charge on any atom is 0.261 e. The third-order valence-electron chi connectivity index (χ3n) is 4.66. The Morgan fingerprint density at radius 2 is 1.85 bits per heavy atom. The SMILES string of the molecule is CC[C@@H]([NH2+]Cc1ccccc1)c1nc2ccccc2c(=O)n1CCOC. The molecule has 0 aliphatic carbocycles. The average molecular weight is 352 g/mol. The summed E-state index contributed by atoms with van der Waals surface area (Å²) in [5.41, 5.74) is 2.03. The molecule has 26 heavy (non-hydrogen) atoms. The predicted octanol–water partition coefficient (Wildman–Crippen LogP) is 2.26. The normalized spacial score (nSPS) is 12.4. The van der Waals surface area contributed by atoms with Gasteiger partial charge in [-0.15, -0.1) is 0 Å². The summed E-state index contributed by atoms with van der Waals surface area (Å²) in [4.78, 5) is 17.9. The van der Waals surface area contributed by atoms with Crippen LogP contribution in [0.5, 0.6) is 0 Å². The number of hydrogen-bond acceptors (Lipinski definition) is 3. The van der Waals surface area contributed by atoms with Gasteiger partial charge in [0.05, 0.1) is 24.1 Å². The number of para-hydroxylation sites is 1. The molecule has 0 fully saturated rings. The second kappa shape index (κ2) is 8.74. The molecule has 0 spiro atoms. The topological polar surface area (TPSA) is 60.7 Å². The van der Waals surface area contributed by atoms with Gasteiger partial charge in [-0.2, -0.15) is 0 Å². The lowest BCUT2D eigenvalue weighted by atomic mass is 10.1. The van der Waals surface area contributed by atoms with Crippen molar-refractivity contribution in [1.29, 1.82) is 0 Å². The Morgan fingerprint density at radius 1 is 1.12 bits per heavy atom. The summed E-state index contributed by atoms with van der Waals surface area (Å²) in [7, 11) is 1.65. The van der Waals surface area contributed by atoms with Crippen molar-refractivity contribution in [3.8, 4) is 0 Å². The quantitative estimate of drug-likeness (QED) is 0.676. The first-order valence-electron chi connectivity index (χ1n) is 9.10. The van der Waals surface area contributed by atoms with Crippen LogP contribution in [0.15, 0.2) is 59.4 Å². The van der Waals surface area contributed by atoms with Gasteiger partial charge in [-0.1, -0.05) is 49.4 Å². The van der Waals surface area contributed by atoms with E-state index in [2.05, 4.69) is 24.4 Å². The van der Waals surface area contributed by atoms with E-state index in [4.69, 9.17) is 9.72 Å². The number of quaternary nitrogens is 1. The van der Waals surface area contributed by atoms with Gasteiger partial charge in [0, 0.05) is 19.1 Å². The van der Waals surface area contributed by atoms with Gasteiger partial charge < -0.3 is 10.1 Å². The molecule has 5 heteroatoms. The van der Waals surface area contributed by atoms with Crippen LogP contribution in [-0.2, 0) is 17.8 Å². The molecule has 3 rings (SSSR count). The smallest absolute Gasteiger partial charge is 0.261 e. The standard InChI is InChI=1S/C21H25N3O2/c1-3-18(22-15-16-9-5-4-6-10-16)20-23-19-12-8-7-11-17(19)21(25)24(20)13-14-26-2/h4-12,18,22H,3,13-15H2,1-2H3/p+1/t18-/m1/s1. The summed E-state index contributed by atoms with van der Waals surface area (Å²) >= 11 is 0. The minimum atomic E-state index is 0.00853. The Morgan fingerprint density at radius 3 is 2.58 bits per heavy atom. The zero-order valence-corrected chi connectivity index (χ0v) is 15.4. The Balaban J connectivity index is 1.98. The monoisotopic (exact) mass is 352 g/mol. The summed E-state index contributed by atoms with van der Waals surface area (Å²) in [6.07, 6.45) is 0.893. The van der Waals surface area contributed by atoms with Crippen LogP contribution in [0, 0.1) is 0 Å². The van der Waals surface area contributed by atoms with Crippen molar-refractivity contribution in [3.63, 3.8) is 0 Å². The molecule has 0 saturated heterocycles. The molecule has 1 aromatic heterocycles. The first-order chi connectivity index (χ1) is 12.7. The van der Waals surface area contributed by atoms with E-state index in [-0.39, 0.29) is 11.6 Å². The summed E-state index contributed by atoms with van der Waals surface area (Å²) < 4.78 is 6.99. The highest BCUT2D eigenvalue weighted by molar-refractivity contribution is 5.77. The van der Waals surface area contributed by atoms with Crippen LogP contribution in [0.25, 0.3) is 10.9 Å². The fourth-order valence-corrected chi connectivity index (χ4v) is 3.21. The van der Waals surface area contributed by atoms with Crippen LogP contribution in [0.4, 0.5) is 0 Å². The molecule has 1 heterocycles. The second-order valence-corrected chi connectivity index (χ2v) is 6.38. The van der Waals surface area contributed by atoms with Gasteiger partial charge in [-0.25, -0.2) is 4.98 Å². The first-order valence-corrected chi connectivity index (χ1v) is 9.10. The first kappa shape index (κ1) is 18.3. The summed E-state index contributed by atoms with van der Waals surface area (Å²) in [5, 5.41) is 2.92. The minimum absolute atomic E-state index is 0.00853. The molecule has 0 radical (unpaired) electrons. The Bertz CT molecular complexity index is 906. The van der Waals surface area contributed by atoms with Crippen molar-refractivity contribution in [2.24, 2.45) is 0 Å². The molecule has 0 bridgehead atoms. The highest BCUT2D eigenvalue weighted by Gasteiger charge is 2.21. The van der Waals surface area contributed by atoms with E-state index in [1.165, 1.54) is 5.56 Å². The van der Waals surface area contributed by atoms with Crippen LogP contribution < -0.4 is 10.9 Å². The van der Waals surface area contributed by atoms with Gasteiger partial charge in [0.15, 0.2) is 5.82 Å². The van der Waals surface area contributed by atoms with E-state index in [0.717, 1.165) is 24.3 Å². The maximum atomic E-state index is 13.0.